The molecule has 2 aliphatic heterocycles. The van der Waals surface area contributed by atoms with E-state index < -0.39 is 0 Å². The Kier molecular flexibility index (Phi) is 5.48. The van der Waals surface area contributed by atoms with E-state index in [0.29, 0.717) is 24.4 Å². The molecule has 3 heterocycles. The molecule has 0 amide bonds. The molecule has 0 spiro atoms. The molecule has 1 aromatic carbocycles. The van der Waals surface area contributed by atoms with E-state index in [0.717, 1.165) is 11.3 Å². The van der Waals surface area contributed by atoms with Crippen LogP contribution in [0.1, 0.15) is 38.1 Å². The molecule has 2 N–H and O–H groups in total. The smallest absolute Gasteiger partial charge is 0.166 e. The Morgan fingerprint density at radius 1 is 1.00 bits per heavy atom. The quantitative estimate of drug-likeness (QED) is 0.746. The van der Waals surface area contributed by atoms with E-state index in [4.69, 9.17) is 21.7 Å². The van der Waals surface area contributed by atoms with Crippen LogP contribution >= 0.6 is 12.2 Å². The van der Waals surface area contributed by atoms with Crippen molar-refractivity contribution in [3.63, 3.8) is 0 Å². The summed E-state index contributed by atoms with van der Waals surface area (Å²) in [6.07, 6.45) is 8.20. The van der Waals surface area contributed by atoms with E-state index >= 15 is 0 Å². The summed E-state index contributed by atoms with van der Waals surface area (Å²) in [6, 6.07) is 10.7. The lowest BCUT2D eigenvalue weighted by Gasteiger charge is -2.26. The van der Waals surface area contributed by atoms with E-state index in [1.807, 2.05) is 41.2 Å². The number of ether oxygens (including phenoxy) is 2. The first-order valence-electron chi connectivity index (χ1n) is 10.6. The number of nitrogens with zero attached hydrogens (tertiary/aromatic N) is 3. The number of rotatable bonds is 4. The Labute approximate surface area is 176 Å². The molecule has 154 valence electrons. The number of thiocarbonyl (C=S) groups is 1. The van der Waals surface area contributed by atoms with Gasteiger partial charge in [-0.1, -0.05) is 54.8 Å². The minimum atomic E-state index is -0.0460. The highest BCUT2D eigenvalue weighted by atomic mass is 32.1. The molecule has 4 atom stereocenters. The Balaban J connectivity index is 1.20. The van der Waals surface area contributed by atoms with Crippen LogP contribution in [-0.2, 0) is 9.47 Å². The van der Waals surface area contributed by atoms with Gasteiger partial charge in [0.25, 0.3) is 0 Å². The van der Waals surface area contributed by atoms with Crippen LogP contribution in [0.3, 0.4) is 0 Å². The highest BCUT2D eigenvalue weighted by Crippen LogP contribution is 2.34. The second-order valence-corrected chi connectivity index (χ2v) is 8.58. The summed E-state index contributed by atoms with van der Waals surface area (Å²) >= 11 is 5.55. The monoisotopic (exact) mass is 413 g/mol. The molecule has 29 heavy (non-hydrogen) atoms. The first-order valence-corrected chi connectivity index (χ1v) is 11.0. The minimum absolute atomic E-state index is 0.0247. The Bertz CT molecular complexity index is 839. The summed E-state index contributed by atoms with van der Waals surface area (Å²) in [5, 5.41) is 16.3. The zero-order chi connectivity index (χ0) is 19.6. The fraction of sp³-hybridized carbons (Fsp3) is 0.571. The molecule has 5 rings (SSSR count). The van der Waals surface area contributed by atoms with Crippen molar-refractivity contribution in [3.8, 4) is 11.3 Å². The van der Waals surface area contributed by atoms with Gasteiger partial charge in [0.15, 0.2) is 5.11 Å². The molecular formula is C21H27N5O2S. The van der Waals surface area contributed by atoms with Gasteiger partial charge in [0.2, 0.25) is 0 Å². The largest absolute Gasteiger partial charge is 0.371 e. The van der Waals surface area contributed by atoms with E-state index in [1.54, 1.807) is 0 Å². The summed E-state index contributed by atoms with van der Waals surface area (Å²) in [5.74, 6) is 0. The highest BCUT2D eigenvalue weighted by molar-refractivity contribution is 7.80. The predicted molar refractivity (Wildman–Crippen MR) is 114 cm³/mol. The van der Waals surface area contributed by atoms with Crippen molar-refractivity contribution < 1.29 is 9.47 Å². The molecular weight excluding hydrogens is 386 g/mol. The van der Waals surface area contributed by atoms with Crippen LogP contribution in [0.4, 0.5) is 0 Å². The van der Waals surface area contributed by atoms with Gasteiger partial charge in [-0.15, -0.1) is 5.10 Å². The van der Waals surface area contributed by atoms with E-state index in [9.17, 15) is 0 Å². The maximum atomic E-state index is 6.10. The lowest BCUT2D eigenvalue weighted by molar-refractivity contribution is 0.0624. The summed E-state index contributed by atoms with van der Waals surface area (Å²) < 4.78 is 14.1. The van der Waals surface area contributed by atoms with Crippen molar-refractivity contribution in [1.82, 2.24) is 25.6 Å². The molecule has 2 aromatic rings. The molecule has 0 bridgehead atoms. The zero-order valence-corrected chi connectivity index (χ0v) is 17.2. The Morgan fingerprint density at radius 2 is 1.79 bits per heavy atom. The van der Waals surface area contributed by atoms with Gasteiger partial charge < -0.3 is 20.1 Å². The van der Waals surface area contributed by atoms with Crippen LogP contribution in [0.5, 0.6) is 0 Å². The molecule has 8 heteroatoms. The molecule has 1 aliphatic carbocycles. The Morgan fingerprint density at radius 3 is 2.62 bits per heavy atom. The third-order valence-corrected chi connectivity index (χ3v) is 6.44. The molecule has 2 saturated heterocycles. The van der Waals surface area contributed by atoms with Crippen molar-refractivity contribution in [1.29, 1.82) is 0 Å². The number of fused-ring (bicyclic) bond motifs is 1. The van der Waals surface area contributed by atoms with Gasteiger partial charge in [0, 0.05) is 11.6 Å². The topological polar surface area (TPSA) is 73.2 Å². The summed E-state index contributed by atoms with van der Waals surface area (Å²) in [7, 11) is 0. The van der Waals surface area contributed by atoms with Crippen molar-refractivity contribution in [2.45, 2.75) is 62.4 Å². The van der Waals surface area contributed by atoms with Gasteiger partial charge in [-0.2, -0.15) is 0 Å². The normalized spacial score (nSPS) is 29.5. The van der Waals surface area contributed by atoms with Crippen molar-refractivity contribution >= 4 is 17.3 Å². The third kappa shape index (κ3) is 4.01. The summed E-state index contributed by atoms with van der Waals surface area (Å²) in [6.45, 7) is 1.15. The standard InChI is InChI=1S/C21H27N5O2S/c29-21(22-15-9-5-2-6-10-15)23-17-12-27-20-18(13-28-19(17)20)26-11-16(24-25-26)14-7-3-1-4-8-14/h1,3-4,7-8,11,15,17-20H,2,5-6,9-10,12-13H2,(H2,22,23,29)/t17-,18+,19-,20+/m0/s1. The zero-order valence-electron chi connectivity index (χ0n) is 16.4. The van der Waals surface area contributed by atoms with Crippen LogP contribution < -0.4 is 10.6 Å². The maximum Gasteiger partial charge on any atom is 0.166 e. The molecule has 1 saturated carbocycles. The molecule has 1 aromatic heterocycles. The van der Waals surface area contributed by atoms with Gasteiger partial charge in [-0.25, -0.2) is 4.68 Å². The van der Waals surface area contributed by atoms with Crippen molar-refractivity contribution in [3.05, 3.63) is 36.5 Å². The molecule has 0 unspecified atom stereocenters. The van der Waals surface area contributed by atoms with Crippen molar-refractivity contribution in [2.24, 2.45) is 0 Å². The number of hydrogen-bond donors (Lipinski definition) is 2. The molecule has 3 aliphatic rings. The average Bonchev–Trinajstić information content (AvgIpc) is 3.47. The lowest BCUT2D eigenvalue weighted by atomic mass is 9.96. The van der Waals surface area contributed by atoms with Crippen LogP contribution in [0.15, 0.2) is 36.5 Å². The maximum absolute atomic E-state index is 6.10. The molecule has 3 fully saturated rings. The van der Waals surface area contributed by atoms with E-state index in [2.05, 4.69) is 20.9 Å². The van der Waals surface area contributed by atoms with E-state index in [-0.39, 0.29) is 24.3 Å². The molecule has 0 radical (unpaired) electrons. The van der Waals surface area contributed by atoms with Crippen molar-refractivity contribution in [2.75, 3.05) is 13.2 Å². The van der Waals surface area contributed by atoms with Gasteiger partial charge in [0.05, 0.1) is 25.5 Å². The second-order valence-electron chi connectivity index (χ2n) is 8.17. The fourth-order valence-electron chi connectivity index (χ4n) is 4.65. The van der Waals surface area contributed by atoms with Crippen LogP contribution in [0.25, 0.3) is 11.3 Å². The van der Waals surface area contributed by atoms with Gasteiger partial charge in [-0.05, 0) is 25.1 Å². The van der Waals surface area contributed by atoms with Gasteiger partial charge in [0.1, 0.15) is 23.9 Å². The number of aromatic nitrogens is 3. The predicted octanol–water partition coefficient (Wildman–Crippen LogP) is 2.45. The first-order chi connectivity index (χ1) is 14.3. The van der Waals surface area contributed by atoms with Gasteiger partial charge >= 0.3 is 0 Å². The Hall–Kier alpha value is -2.03. The fourth-order valence-corrected chi connectivity index (χ4v) is 4.97. The van der Waals surface area contributed by atoms with Crippen LogP contribution in [0, 0.1) is 0 Å². The molecule has 7 nitrogen and oxygen atoms in total. The third-order valence-electron chi connectivity index (χ3n) is 6.20. The average molecular weight is 414 g/mol. The van der Waals surface area contributed by atoms with Crippen LogP contribution in [0.2, 0.25) is 0 Å². The van der Waals surface area contributed by atoms with Crippen LogP contribution in [-0.4, -0.2) is 57.6 Å². The highest BCUT2D eigenvalue weighted by Gasteiger charge is 2.49. The van der Waals surface area contributed by atoms with Gasteiger partial charge in [-0.3, -0.25) is 0 Å². The summed E-state index contributed by atoms with van der Waals surface area (Å²) in [4.78, 5) is 0. The number of nitrogens with one attached hydrogen (secondary N) is 2. The first kappa shape index (κ1) is 19.0. The lowest BCUT2D eigenvalue weighted by Crippen LogP contribution is -2.50. The van der Waals surface area contributed by atoms with E-state index in [1.165, 1.54) is 32.1 Å². The summed E-state index contributed by atoms with van der Waals surface area (Å²) in [5.41, 5.74) is 1.92. The number of benzene rings is 1. The SMILES string of the molecule is S=C(NC1CCCCC1)N[C@H]1CO[C@H]2[C@H]1OC[C@H]2n1cc(-c2ccccc2)nn1. The number of hydrogen-bond acceptors (Lipinski definition) is 5. The minimum Gasteiger partial charge on any atom is -0.371 e. The second kappa shape index (κ2) is 8.38.